The van der Waals surface area contributed by atoms with Gasteiger partial charge in [-0.3, -0.25) is 0 Å². The van der Waals surface area contributed by atoms with Crippen molar-refractivity contribution in [1.29, 1.82) is 0 Å². The van der Waals surface area contributed by atoms with Crippen molar-refractivity contribution >= 4 is 17.3 Å². The molecule has 0 spiro atoms. The van der Waals surface area contributed by atoms with Crippen LogP contribution in [0.25, 0.3) is 0 Å². The molecule has 0 heterocycles. The Bertz CT molecular complexity index is 534. The first-order valence-electron chi connectivity index (χ1n) is 7.54. The highest BCUT2D eigenvalue weighted by Crippen LogP contribution is 2.15. The van der Waals surface area contributed by atoms with E-state index in [1.54, 1.807) is 5.43 Å². The van der Waals surface area contributed by atoms with Crippen molar-refractivity contribution in [2.75, 3.05) is 31.1 Å². The fourth-order valence-corrected chi connectivity index (χ4v) is 2.00. The van der Waals surface area contributed by atoms with Crippen molar-refractivity contribution in [3.8, 4) is 0 Å². The predicted molar refractivity (Wildman–Crippen MR) is 92.3 cm³/mol. The molecule has 8 N–H and O–H groups in total. The molecule has 0 aromatic heterocycles. The van der Waals surface area contributed by atoms with E-state index in [9.17, 15) is 10.1 Å². The summed E-state index contributed by atoms with van der Waals surface area (Å²) in [7, 11) is 0. The van der Waals surface area contributed by atoms with Crippen LogP contribution >= 0.6 is 0 Å². The van der Waals surface area contributed by atoms with E-state index < -0.39 is 5.03 Å². The topological polar surface area (TPSA) is 158 Å². The molecule has 9 heteroatoms. The van der Waals surface area contributed by atoms with Gasteiger partial charge in [0.25, 0.3) is 5.96 Å². The van der Waals surface area contributed by atoms with E-state index in [0.29, 0.717) is 17.9 Å². The van der Waals surface area contributed by atoms with E-state index in [0.717, 1.165) is 44.3 Å². The number of benzene rings is 1. The largest absolute Gasteiger partial charge is 0.397 e. The second-order valence-corrected chi connectivity index (χ2v) is 5.16. The maximum Gasteiger partial charge on any atom is 0.251 e. The Morgan fingerprint density at radius 2 is 1.96 bits per heavy atom. The molecule has 23 heavy (non-hydrogen) atoms. The lowest BCUT2D eigenvalue weighted by Crippen LogP contribution is -2.36. The highest BCUT2D eigenvalue weighted by molar-refractivity contribution is 5.76. The second-order valence-electron chi connectivity index (χ2n) is 5.16. The number of rotatable bonds is 10. The molecule has 0 unspecified atom stereocenters. The smallest absolute Gasteiger partial charge is 0.251 e. The van der Waals surface area contributed by atoms with Crippen molar-refractivity contribution in [1.82, 2.24) is 10.7 Å². The molecule has 0 saturated heterocycles. The maximum absolute atomic E-state index is 10.1. The van der Waals surface area contributed by atoms with Gasteiger partial charge in [0.2, 0.25) is 0 Å². The maximum atomic E-state index is 10.1. The number of hydrazine groups is 1. The van der Waals surface area contributed by atoms with E-state index >= 15 is 0 Å². The summed E-state index contributed by atoms with van der Waals surface area (Å²) in [4.78, 5) is 13.9. The van der Waals surface area contributed by atoms with E-state index in [-0.39, 0.29) is 5.96 Å². The number of anilines is 2. The van der Waals surface area contributed by atoms with Gasteiger partial charge in [0, 0.05) is 6.54 Å². The van der Waals surface area contributed by atoms with E-state index in [2.05, 4.69) is 10.3 Å². The molecule has 0 saturated carbocycles. The van der Waals surface area contributed by atoms with E-state index in [1.807, 2.05) is 18.2 Å². The quantitative estimate of drug-likeness (QED) is 0.103. The summed E-state index contributed by atoms with van der Waals surface area (Å²) in [5.41, 5.74) is 20.9. The van der Waals surface area contributed by atoms with Gasteiger partial charge in [-0.1, -0.05) is 17.9 Å². The number of nitrogens with two attached hydrogens (primary N) is 3. The minimum atomic E-state index is -0.725. The van der Waals surface area contributed by atoms with Gasteiger partial charge in [-0.2, -0.15) is 0 Å². The van der Waals surface area contributed by atoms with Gasteiger partial charge < -0.3 is 22.5 Å². The second kappa shape index (κ2) is 10.2. The third-order valence-corrected chi connectivity index (χ3v) is 3.24. The Hall–Kier alpha value is -2.55. The molecular weight excluding hydrogens is 298 g/mol. The molecular formula is C14H25N7O2. The molecule has 1 aromatic carbocycles. The van der Waals surface area contributed by atoms with Gasteiger partial charge in [0.1, 0.15) is 0 Å². The SMILES string of the molecule is NC(=NCCCCCNCCc1ccc(N)c(N)c1)N[N+](=O)[O-]. The first-order chi connectivity index (χ1) is 11.0. The standard InChI is InChI=1S/C14H25N7O2/c15-12-5-4-11(10-13(12)16)6-9-18-7-2-1-3-8-19-14(17)20-21(22)23/h4-5,10,18H,1-3,6-9,15-16H2,(H3,17,19,20). The van der Waals surface area contributed by atoms with Gasteiger partial charge in [0.05, 0.1) is 11.4 Å². The van der Waals surface area contributed by atoms with Crippen molar-refractivity contribution in [2.24, 2.45) is 10.7 Å². The van der Waals surface area contributed by atoms with Gasteiger partial charge >= 0.3 is 0 Å². The number of aliphatic imine (C=N–C) groups is 1. The molecule has 0 radical (unpaired) electrons. The number of hydrogen-bond donors (Lipinski definition) is 5. The predicted octanol–water partition coefficient (Wildman–Crippen LogP) is 0.249. The Balaban J connectivity index is 2.01. The van der Waals surface area contributed by atoms with E-state index in [4.69, 9.17) is 17.2 Å². The summed E-state index contributed by atoms with van der Waals surface area (Å²) in [5, 5.41) is 12.7. The monoisotopic (exact) mass is 323 g/mol. The van der Waals surface area contributed by atoms with Crippen LogP contribution in [0.4, 0.5) is 11.4 Å². The summed E-state index contributed by atoms with van der Waals surface area (Å²) in [6, 6.07) is 5.71. The minimum Gasteiger partial charge on any atom is -0.397 e. The fourth-order valence-electron chi connectivity index (χ4n) is 2.00. The molecule has 0 bridgehead atoms. The summed E-state index contributed by atoms with van der Waals surface area (Å²) >= 11 is 0. The van der Waals surface area contributed by atoms with Crippen LogP contribution in [0.5, 0.6) is 0 Å². The number of nitrogens with zero attached hydrogens (tertiary/aromatic N) is 2. The average Bonchev–Trinajstić information content (AvgIpc) is 2.48. The van der Waals surface area contributed by atoms with E-state index in [1.165, 1.54) is 0 Å². The van der Waals surface area contributed by atoms with Crippen LogP contribution in [0.1, 0.15) is 24.8 Å². The lowest BCUT2D eigenvalue weighted by molar-refractivity contribution is -0.525. The number of nitro groups is 1. The zero-order valence-corrected chi connectivity index (χ0v) is 13.1. The Labute approximate surface area is 135 Å². The zero-order chi connectivity index (χ0) is 17.1. The highest BCUT2D eigenvalue weighted by Gasteiger charge is 1.99. The van der Waals surface area contributed by atoms with Gasteiger partial charge in [-0.25, -0.2) is 15.1 Å². The number of unbranched alkanes of at least 4 members (excludes halogenated alkanes) is 2. The molecule has 0 aliphatic heterocycles. The van der Waals surface area contributed by atoms with Crippen LogP contribution in [0, 0.1) is 10.1 Å². The lowest BCUT2D eigenvalue weighted by atomic mass is 10.1. The average molecular weight is 323 g/mol. The molecule has 0 aliphatic rings. The molecule has 0 aliphatic carbocycles. The summed E-state index contributed by atoms with van der Waals surface area (Å²) in [5.74, 6) is -0.157. The summed E-state index contributed by atoms with van der Waals surface area (Å²) in [6.07, 6.45) is 3.74. The Morgan fingerprint density at radius 3 is 2.65 bits per heavy atom. The molecule has 0 fully saturated rings. The van der Waals surface area contributed by atoms with Crippen LogP contribution in [0.15, 0.2) is 23.2 Å². The Morgan fingerprint density at radius 1 is 1.17 bits per heavy atom. The Kier molecular flexibility index (Phi) is 8.22. The van der Waals surface area contributed by atoms with Crippen molar-refractivity contribution < 1.29 is 5.03 Å². The van der Waals surface area contributed by atoms with Crippen molar-refractivity contribution in [3.63, 3.8) is 0 Å². The van der Waals surface area contributed by atoms with Gasteiger partial charge in [0.15, 0.2) is 5.03 Å². The molecule has 9 nitrogen and oxygen atoms in total. The van der Waals surface area contributed by atoms with Crippen molar-refractivity contribution in [3.05, 3.63) is 33.9 Å². The summed E-state index contributed by atoms with van der Waals surface area (Å²) < 4.78 is 0. The van der Waals surface area contributed by atoms with Crippen molar-refractivity contribution in [2.45, 2.75) is 25.7 Å². The fraction of sp³-hybridized carbons (Fsp3) is 0.500. The first kappa shape index (κ1) is 18.5. The molecule has 128 valence electrons. The lowest BCUT2D eigenvalue weighted by Gasteiger charge is -2.06. The number of guanidine groups is 1. The highest BCUT2D eigenvalue weighted by atomic mass is 16.7. The third kappa shape index (κ3) is 8.47. The normalized spacial score (nSPS) is 11.4. The number of nitrogen functional groups attached to an aromatic ring is 2. The van der Waals surface area contributed by atoms with Crippen LogP contribution in [-0.2, 0) is 6.42 Å². The zero-order valence-electron chi connectivity index (χ0n) is 13.1. The minimum absolute atomic E-state index is 0.157. The van der Waals surface area contributed by atoms with Gasteiger partial charge in [-0.05, 0) is 50.0 Å². The van der Waals surface area contributed by atoms with Crippen LogP contribution in [-0.4, -0.2) is 30.6 Å². The molecule has 1 rings (SSSR count). The van der Waals surface area contributed by atoms with Gasteiger partial charge in [-0.15, -0.1) is 0 Å². The molecule has 0 atom stereocenters. The third-order valence-electron chi connectivity index (χ3n) is 3.24. The summed E-state index contributed by atoms with van der Waals surface area (Å²) in [6.45, 7) is 2.27. The first-order valence-corrected chi connectivity index (χ1v) is 7.54. The number of hydrogen-bond acceptors (Lipinski definition) is 6. The van der Waals surface area contributed by atoms with Crippen LogP contribution in [0.2, 0.25) is 0 Å². The number of nitrogens with one attached hydrogen (secondary N) is 2. The molecule has 0 amide bonds. The van der Waals surface area contributed by atoms with Crippen LogP contribution < -0.4 is 27.9 Å². The van der Waals surface area contributed by atoms with Crippen LogP contribution in [0.3, 0.4) is 0 Å². The molecule has 1 aromatic rings.